The van der Waals surface area contributed by atoms with Crippen molar-refractivity contribution in [1.82, 2.24) is 20.2 Å². The van der Waals surface area contributed by atoms with E-state index >= 15 is 0 Å². The highest BCUT2D eigenvalue weighted by Gasteiger charge is 2.54. The van der Waals surface area contributed by atoms with Gasteiger partial charge in [-0.2, -0.15) is 0 Å². The lowest BCUT2D eigenvalue weighted by Crippen LogP contribution is -2.73. The molecule has 0 aliphatic carbocycles. The molecule has 13 heteroatoms. The molecule has 1 fully saturated rings. The summed E-state index contributed by atoms with van der Waals surface area (Å²) in [6, 6.07) is 2.23. The van der Waals surface area contributed by atoms with Gasteiger partial charge < -0.3 is 21.0 Å². The molecular formula is C19H18N6O5S2. The Kier molecular flexibility index (Phi) is 6.10. The summed E-state index contributed by atoms with van der Waals surface area (Å²) in [6.07, 6.45) is 3.64. The summed E-state index contributed by atoms with van der Waals surface area (Å²) in [4.78, 5) is 52.2. The molecule has 0 saturated carbocycles. The molecule has 4 N–H and O–H groups in total. The fourth-order valence-corrected chi connectivity index (χ4v) is 5.34. The molecule has 2 aromatic heterocycles. The van der Waals surface area contributed by atoms with Gasteiger partial charge in [0.2, 0.25) is 0 Å². The Hall–Kier alpha value is -3.45. The maximum atomic E-state index is 12.9. The quantitative estimate of drug-likeness (QED) is 0.294. The second-order valence-corrected chi connectivity index (χ2v) is 8.85. The smallest absolute Gasteiger partial charge is 0.353 e. The third-order valence-electron chi connectivity index (χ3n) is 4.89. The molecule has 2 unspecified atom stereocenters. The molecule has 2 aliphatic heterocycles. The molecular weight excluding hydrogens is 456 g/mol. The number of oxime groups is 1. The van der Waals surface area contributed by atoms with E-state index in [2.05, 4.69) is 20.4 Å². The number of rotatable bonds is 7. The van der Waals surface area contributed by atoms with Crippen molar-refractivity contribution in [2.45, 2.75) is 18.5 Å². The van der Waals surface area contributed by atoms with E-state index in [1.54, 1.807) is 23.8 Å². The van der Waals surface area contributed by atoms with Gasteiger partial charge in [-0.15, -0.1) is 23.1 Å². The fourth-order valence-electron chi connectivity index (χ4n) is 3.49. The summed E-state index contributed by atoms with van der Waals surface area (Å²) in [5.41, 5.74) is 6.50. The summed E-state index contributed by atoms with van der Waals surface area (Å²) in [5.74, 6) is -1.93. The maximum absolute atomic E-state index is 12.9. The second-order valence-electron chi connectivity index (χ2n) is 6.85. The number of carbonyl (C=O) groups is 3. The Morgan fingerprint density at radius 1 is 1.47 bits per heavy atom. The van der Waals surface area contributed by atoms with Crippen LogP contribution in [0.3, 0.4) is 0 Å². The maximum Gasteiger partial charge on any atom is 0.353 e. The number of fused-ring (bicyclic) bond motifs is 1. The van der Waals surface area contributed by atoms with Gasteiger partial charge in [0.1, 0.15) is 24.5 Å². The van der Waals surface area contributed by atoms with Crippen LogP contribution in [-0.2, 0) is 25.6 Å². The molecule has 2 aromatic rings. The SMILES string of the molecule is CON=C(C(=O)NC1C(=O)N2C(C(=O)O)=C(Cc3cccnc3)SCC12)c1csc(N)n1. The van der Waals surface area contributed by atoms with Crippen molar-refractivity contribution >= 4 is 51.7 Å². The molecule has 0 aromatic carbocycles. The Balaban J connectivity index is 1.53. The summed E-state index contributed by atoms with van der Waals surface area (Å²) in [5, 5.41) is 17.9. The van der Waals surface area contributed by atoms with Gasteiger partial charge in [-0.1, -0.05) is 11.2 Å². The Labute approximate surface area is 190 Å². The summed E-state index contributed by atoms with van der Waals surface area (Å²) in [6.45, 7) is 0. The van der Waals surface area contributed by atoms with Gasteiger partial charge >= 0.3 is 5.97 Å². The van der Waals surface area contributed by atoms with Crippen LogP contribution >= 0.6 is 23.1 Å². The molecule has 32 heavy (non-hydrogen) atoms. The summed E-state index contributed by atoms with van der Waals surface area (Å²) in [7, 11) is 1.28. The number of β-lactam (4-membered cyclic amide) rings is 1. The van der Waals surface area contributed by atoms with E-state index in [9.17, 15) is 19.5 Å². The van der Waals surface area contributed by atoms with Crippen LogP contribution in [0.2, 0.25) is 0 Å². The van der Waals surface area contributed by atoms with E-state index in [4.69, 9.17) is 10.6 Å². The number of hydrogen-bond acceptors (Lipinski definition) is 10. The van der Waals surface area contributed by atoms with Crippen molar-refractivity contribution in [2.75, 3.05) is 18.6 Å². The van der Waals surface area contributed by atoms with Crippen molar-refractivity contribution in [3.05, 3.63) is 51.8 Å². The largest absolute Gasteiger partial charge is 0.477 e. The number of nitrogens with one attached hydrogen (secondary N) is 1. The zero-order chi connectivity index (χ0) is 22.8. The highest BCUT2D eigenvalue weighted by Crippen LogP contribution is 2.40. The van der Waals surface area contributed by atoms with Crippen LogP contribution < -0.4 is 11.1 Å². The van der Waals surface area contributed by atoms with Crippen molar-refractivity contribution in [3.8, 4) is 0 Å². The number of carboxylic acid groups (broad SMARTS) is 1. The van der Waals surface area contributed by atoms with Crippen LogP contribution in [0.5, 0.6) is 0 Å². The average molecular weight is 475 g/mol. The van der Waals surface area contributed by atoms with Crippen LogP contribution in [-0.4, -0.2) is 68.4 Å². The number of pyridine rings is 1. The highest BCUT2D eigenvalue weighted by atomic mass is 32.2. The Morgan fingerprint density at radius 3 is 2.91 bits per heavy atom. The molecule has 4 rings (SSSR count). The van der Waals surface area contributed by atoms with E-state index in [1.807, 2.05) is 6.07 Å². The number of hydrogen-bond donors (Lipinski definition) is 3. The molecule has 0 bridgehead atoms. The van der Waals surface area contributed by atoms with Crippen LogP contribution in [0, 0.1) is 0 Å². The Morgan fingerprint density at radius 2 is 2.28 bits per heavy atom. The van der Waals surface area contributed by atoms with Crippen LogP contribution in [0.1, 0.15) is 11.3 Å². The van der Waals surface area contributed by atoms with E-state index in [0.29, 0.717) is 17.1 Å². The predicted molar refractivity (Wildman–Crippen MR) is 118 cm³/mol. The van der Waals surface area contributed by atoms with Crippen LogP contribution in [0.15, 0.2) is 45.7 Å². The standard InChI is InChI=1S/C19H18N6O5S2/c1-30-24-13(10-7-32-19(20)22-10)16(26)23-14-11-8-31-12(5-9-3-2-4-21-6-9)15(18(28)29)25(11)17(14)27/h2-4,6-7,11,14H,5,8H2,1H3,(H2,20,22)(H,23,26)(H,28,29). The number of amides is 2. The van der Waals surface area contributed by atoms with Gasteiger partial charge in [0.05, 0.1) is 6.04 Å². The fraction of sp³-hybridized carbons (Fsp3) is 0.263. The number of aliphatic carboxylic acids is 1. The minimum absolute atomic E-state index is 0.0661. The first-order valence-corrected chi connectivity index (χ1v) is 11.2. The number of anilines is 1. The number of aromatic nitrogens is 2. The number of nitrogen functional groups attached to an aromatic ring is 1. The van der Waals surface area contributed by atoms with Gasteiger partial charge in [-0.3, -0.25) is 19.5 Å². The van der Waals surface area contributed by atoms with Crippen molar-refractivity contribution in [1.29, 1.82) is 0 Å². The van der Waals surface area contributed by atoms with Crippen molar-refractivity contribution in [2.24, 2.45) is 5.16 Å². The molecule has 0 spiro atoms. The van der Waals surface area contributed by atoms with E-state index in [-0.39, 0.29) is 22.2 Å². The van der Waals surface area contributed by atoms with Gasteiger partial charge in [-0.25, -0.2) is 9.78 Å². The molecule has 11 nitrogen and oxygen atoms in total. The molecule has 2 atom stereocenters. The minimum atomic E-state index is -1.20. The third kappa shape index (κ3) is 4.03. The Bertz CT molecular complexity index is 1130. The van der Waals surface area contributed by atoms with Crippen LogP contribution in [0.4, 0.5) is 5.13 Å². The molecule has 166 valence electrons. The number of nitrogens with two attached hydrogens (primary N) is 1. The number of thioether (sulfide) groups is 1. The number of carbonyl (C=O) groups excluding carboxylic acids is 2. The normalized spacial score (nSPS) is 20.5. The van der Waals surface area contributed by atoms with Gasteiger partial charge in [0.25, 0.3) is 11.8 Å². The summed E-state index contributed by atoms with van der Waals surface area (Å²) >= 11 is 2.49. The lowest BCUT2D eigenvalue weighted by atomic mass is 9.94. The number of thiazole rings is 1. The first-order chi connectivity index (χ1) is 15.4. The monoisotopic (exact) mass is 474 g/mol. The van der Waals surface area contributed by atoms with Gasteiger partial charge in [0, 0.05) is 34.9 Å². The second kappa shape index (κ2) is 8.96. The molecule has 2 aliphatic rings. The van der Waals surface area contributed by atoms with Gasteiger partial charge in [0.15, 0.2) is 10.8 Å². The number of allylic oxidation sites excluding steroid dienone is 1. The van der Waals surface area contributed by atoms with Crippen molar-refractivity contribution < 1.29 is 24.3 Å². The summed E-state index contributed by atoms with van der Waals surface area (Å²) < 4.78 is 0. The lowest BCUT2D eigenvalue weighted by Gasteiger charge is -2.49. The highest BCUT2D eigenvalue weighted by molar-refractivity contribution is 8.03. The lowest BCUT2D eigenvalue weighted by molar-refractivity contribution is -0.153. The zero-order valence-electron chi connectivity index (χ0n) is 16.7. The number of nitrogens with zero attached hydrogens (tertiary/aromatic N) is 4. The van der Waals surface area contributed by atoms with E-state index < -0.39 is 29.9 Å². The van der Waals surface area contributed by atoms with Crippen molar-refractivity contribution in [3.63, 3.8) is 0 Å². The molecule has 0 radical (unpaired) electrons. The van der Waals surface area contributed by atoms with E-state index in [1.165, 1.54) is 23.8 Å². The van der Waals surface area contributed by atoms with Crippen LogP contribution in [0.25, 0.3) is 0 Å². The number of carboxylic acids is 1. The predicted octanol–water partition coefficient (Wildman–Crippen LogP) is 0.452. The van der Waals surface area contributed by atoms with E-state index in [0.717, 1.165) is 16.9 Å². The first kappa shape index (κ1) is 21.8. The topological polar surface area (TPSA) is 160 Å². The average Bonchev–Trinajstić information content (AvgIpc) is 3.21. The third-order valence-corrected chi connectivity index (χ3v) is 6.76. The first-order valence-electron chi connectivity index (χ1n) is 9.35. The molecule has 1 saturated heterocycles. The zero-order valence-corrected chi connectivity index (χ0v) is 18.4. The molecule has 4 heterocycles. The van der Waals surface area contributed by atoms with Gasteiger partial charge in [-0.05, 0) is 11.6 Å². The minimum Gasteiger partial charge on any atom is -0.477 e. The molecule has 2 amide bonds.